The van der Waals surface area contributed by atoms with E-state index < -0.39 is 0 Å². The highest BCUT2D eigenvalue weighted by atomic mass is 16.5. The lowest BCUT2D eigenvalue weighted by atomic mass is 10.1. The highest BCUT2D eigenvalue weighted by Gasteiger charge is 2.22. The minimum Gasteiger partial charge on any atom is -0.465 e. The largest absolute Gasteiger partial charge is 0.465 e. The van der Waals surface area contributed by atoms with Gasteiger partial charge in [0.2, 0.25) is 0 Å². The molecule has 56 heavy (non-hydrogen) atoms. The van der Waals surface area contributed by atoms with E-state index in [4.69, 9.17) is 28.4 Å². The van der Waals surface area contributed by atoms with Crippen molar-refractivity contribution in [1.82, 2.24) is 9.80 Å². The summed E-state index contributed by atoms with van der Waals surface area (Å²) in [6.45, 7) is 18.3. The molecular weight excluding hydrogens is 709 g/mol. The second-order valence-corrected chi connectivity index (χ2v) is 16.0. The molecule has 0 aromatic carbocycles. The van der Waals surface area contributed by atoms with Gasteiger partial charge in [-0.05, 0) is 104 Å². The minimum atomic E-state index is -0.350. The van der Waals surface area contributed by atoms with Crippen LogP contribution < -0.4 is 0 Å². The molecule has 10 heteroatoms. The predicted octanol–water partition coefficient (Wildman–Crippen LogP) is 9.90. The predicted molar refractivity (Wildman–Crippen MR) is 231 cm³/mol. The van der Waals surface area contributed by atoms with Crippen LogP contribution in [-0.2, 0) is 38.0 Å². The summed E-state index contributed by atoms with van der Waals surface area (Å²) < 4.78 is 34.6. The maximum absolute atomic E-state index is 12.9. The molecule has 0 fully saturated rings. The molecule has 0 heterocycles. The maximum Gasteiger partial charge on any atom is 0.313 e. The Morgan fingerprint density at radius 2 is 0.679 bits per heavy atom. The molecule has 0 aliphatic heterocycles. The van der Waals surface area contributed by atoms with Gasteiger partial charge in [-0.15, -0.1) is 0 Å². The Kier molecular flexibility index (Phi) is 42.3. The van der Waals surface area contributed by atoms with Crippen LogP contribution in [0.25, 0.3) is 0 Å². The van der Waals surface area contributed by atoms with Crippen LogP contribution in [-0.4, -0.2) is 128 Å². The van der Waals surface area contributed by atoms with E-state index in [1.165, 1.54) is 51.4 Å². The van der Waals surface area contributed by atoms with E-state index in [-0.39, 0.29) is 23.8 Å². The van der Waals surface area contributed by atoms with Crippen LogP contribution in [0, 0.1) is 11.8 Å². The molecule has 334 valence electrons. The number of hydrogen-bond acceptors (Lipinski definition) is 10. The lowest BCUT2D eigenvalue weighted by Gasteiger charge is -2.23. The average molecular weight is 801 g/mol. The fourth-order valence-corrected chi connectivity index (χ4v) is 6.29. The van der Waals surface area contributed by atoms with Gasteiger partial charge in [-0.3, -0.25) is 9.59 Å². The normalized spacial score (nSPS) is 12.8. The van der Waals surface area contributed by atoms with Crippen molar-refractivity contribution in [3.05, 3.63) is 0 Å². The summed E-state index contributed by atoms with van der Waals surface area (Å²) in [5.74, 6) is -1.08. The first kappa shape index (κ1) is 54.7. The van der Waals surface area contributed by atoms with Crippen LogP contribution in [0.5, 0.6) is 0 Å². The Morgan fingerprint density at radius 3 is 1.05 bits per heavy atom. The quantitative estimate of drug-likeness (QED) is 0.0438. The van der Waals surface area contributed by atoms with Gasteiger partial charge in [-0.1, -0.05) is 105 Å². The molecule has 0 aromatic rings. The molecule has 0 aromatic heterocycles. The summed E-state index contributed by atoms with van der Waals surface area (Å²) in [5, 5.41) is 0. The van der Waals surface area contributed by atoms with E-state index in [0.29, 0.717) is 66.1 Å². The van der Waals surface area contributed by atoms with Crippen molar-refractivity contribution in [2.24, 2.45) is 11.8 Å². The number of carbonyl (C=O) groups is 2. The van der Waals surface area contributed by atoms with E-state index >= 15 is 0 Å². The van der Waals surface area contributed by atoms with Crippen molar-refractivity contribution in [3.63, 3.8) is 0 Å². The zero-order chi connectivity index (χ0) is 41.2. The van der Waals surface area contributed by atoms with Crippen molar-refractivity contribution >= 4 is 11.9 Å². The molecular formula is C46H92N2O8. The van der Waals surface area contributed by atoms with Crippen molar-refractivity contribution in [2.45, 2.75) is 169 Å². The summed E-state index contributed by atoms with van der Waals surface area (Å²) in [7, 11) is 4.28. The third-order valence-corrected chi connectivity index (χ3v) is 10.1. The highest BCUT2D eigenvalue weighted by molar-refractivity contribution is 5.73. The van der Waals surface area contributed by atoms with E-state index in [0.717, 1.165) is 116 Å². The SMILES string of the molecule is CCCCCCOCC(COCCCC)C(=O)OCCCCCCN(CCCCCCOC(=O)C(COCCCC)COCCCCCC)CCCCN(C)C. The first-order valence-electron chi connectivity index (χ1n) is 23.4. The fourth-order valence-electron chi connectivity index (χ4n) is 6.29. The van der Waals surface area contributed by atoms with Gasteiger partial charge in [0.1, 0.15) is 11.8 Å². The molecule has 0 saturated heterocycles. The highest BCUT2D eigenvalue weighted by Crippen LogP contribution is 2.11. The van der Waals surface area contributed by atoms with Crippen molar-refractivity contribution in [2.75, 3.05) is 106 Å². The minimum absolute atomic E-state index is 0.188. The third-order valence-electron chi connectivity index (χ3n) is 10.1. The molecule has 0 N–H and O–H groups in total. The molecule has 0 rings (SSSR count). The van der Waals surface area contributed by atoms with Gasteiger partial charge in [0.25, 0.3) is 0 Å². The van der Waals surface area contributed by atoms with Gasteiger partial charge in [-0.25, -0.2) is 0 Å². The van der Waals surface area contributed by atoms with Gasteiger partial charge in [0, 0.05) is 26.4 Å². The molecule has 0 bridgehead atoms. The zero-order valence-electron chi connectivity index (χ0n) is 37.8. The number of rotatable bonds is 45. The van der Waals surface area contributed by atoms with Crippen LogP contribution in [0.1, 0.15) is 169 Å². The summed E-state index contributed by atoms with van der Waals surface area (Å²) in [4.78, 5) is 30.6. The fraction of sp³-hybridized carbons (Fsp3) is 0.957. The lowest BCUT2D eigenvalue weighted by Crippen LogP contribution is -2.28. The van der Waals surface area contributed by atoms with Crippen LogP contribution in [0.3, 0.4) is 0 Å². The Balaban J connectivity index is 4.49. The van der Waals surface area contributed by atoms with Crippen LogP contribution >= 0.6 is 0 Å². The molecule has 0 spiro atoms. The van der Waals surface area contributed by atoms with Gasteiger partial charge < -0.3 is 38.2 Å². The second kappa shape index (κ2) is 43.3. The number of unbranched alkanes of at least 4 members (excludes halogenated alkanes) is 15. The average Bonchev–Trinajstić information content (AvgIpc) is 3.19. The number of nitrogens with zero attached hydrogens (tertiary/aromatic N) is 2. The van der Waals surface area contributed by atoms with E-state index in [1.807, 2.05) is 0 Å². The Labute approximate surface area is 346 Å². The number of hydrogen-bond donors (Lipinski definition) is 0. The van der Waals surface area contributed by atoms with E-state index in [1.54, 1.807) is 0 Å². The lowest BCUT2D eigenvalue weighted by molar-refractivity contribution is -0.154. The molecule has 0 aliphatic carbocycles. The monoisotopic (exact) mass is 801 g/mol. The molecule has 0 aliphatic rings. The van der Waals surface area contributed by atoms with Crippen molar-refractivity contribution in [3.8, 4) is 0 Å². The first-order chi connectivity index (χ1) is 27.4. The second-order valence-electron chi connectivity index (χ2n) is 16.0. The van der Waals surface area contributed by atoms with Gasteiger partial charge in [-0.2, -0.15) is 0 Å². The Bertz CT molecular complexity index is 775. The molecule has 0 amide bonds. The summed E-state index contributed by atoms with van der Waals surface area (Å²) in [6.07, 6.45) is 24.3. The van der Waals surface area contributed by atoms with Gasteiger partial charge >= 0.3 is 11.9 Å². The Hall–Kier alpha value is -1.30. The molecule has 2 unspecified atom stereocenters. The van der Waals surface area contributed by atoms with E-state index in [2.05, 4.69) is 51.6 Å². The number of carbonyl (C=O) groups excluding carboxylic acids is 2. The van der Waals surface area contributed by atoms with Crippen molar-refractivity contribution < 1.29 is 38.0 Å². The van der Waals surface area contributed by atoms with Gasteiger partial charge in [0.15, 0.2) is 0 Å². The third kappa shape index (κ3) is 37.0. The topological polar surface area (TPSA) is 96.0 Å². The molecule has 0 radical (unpaired) electrons. The molecule has 10 nitrogen and oxygen atoms in total. The zero-order valence-corrected chi connectivity index (χ0v) is 37.8. The maximum atomic E-state index is 12.9. The van der Waals surface area contributed by atoms with Crippen LogP contribution in [0.15, 0.2) is 0 Å². The standard InChI is InChI=1S/C46H92N2O8/c1-7-11-15-25-35-53-41-43(39-51-33-13-9-3)45(49)55-37-27-19-17-21-30-48(32-24-23-29-47(5)6)31-22-18-20-28-38-56-46(50)44(40-52-34-14-10-4)42-54-36-26-16-12-8-2/h43-44H,7-42H2,1-6H3. The van der Waals surface area contributed by atoms with E-state index in [9.17, 15) is 9.59 Å². The number of ether oxygens (including phenoxy) is 6. The summed E-state index contributed by atoms with van der Waals surface area (Å²) in [5.41, 5.74) is 0. The summed E-state index contributed by atoms with van der Waals surface area (Å²) in [6, 6.07) is 0. The summed E-state index contributed by atoms with van der Waals surface area (Å²) >= 11 is 0. The first-order valence-corrected chi connectivity index (χ1v) is 23.4. The molecule has 0 saturated carbocycles. The van der Waals surface area contributed by atoms with Crippen LogP contribution in [0.4, 0.5) is 0 Å². The van der Waals surface area contributed by atoms with Crippen LogP contribution in [0.2, 0.25) is 0 Å². The van der Waals surface area contributed by atoms with Crippen molar-refractivity contribution in [1.29, 1.82) is 0 Å². The molecule has 2 atom stereocenters. The van der Waals surface area contributed by atoms with Gasteiger partial charge in [0.05, 0.1) is 39.6 Å². The smallest absolute Gasteiger partial charge is 0.313 e. The Morgan fingerprint density at radius 1 is 0.375 bits per heavy atom. The number of esters is 2.